The number of rotatable bonds is 1. The highest BCUT2D eigenvalue weighted by Crippen LogP contribution is 2.33. The fraction of sp³-hybridized carbons (Fsp3) is 0.538. The molecule has 16 heavy (non-hydrogen) atoms. The molecule has 1 aliphatic heterocycles. The summed E-state index contributed by atoms with van der Waals surface area (Å²) in [6.07, 6.45) is 1.46. The first-order chi connectivity index (χ1) is 7.49. The number of benzene rings is 1. The van der Waals surface area contributed by atoms with Crippen LogP contribution in [0.5, 0.6) is 0 Å². The van der Waals surface area contributed by atoms with Gasteiger partial charge in [0.1, 0.15) is 0 Å². The second kappa shape index (κ2) is 4.27. The van der Waals surface area contributed by atoms with E-state index in [4.69, 9.17) is 11.6 Å². The maximum absolute atomic E-state index is 9.71. The molecule has 1 N–H and O–H groups in total. The van der Waals surface area contributed by atoms with Gasteiger partial charge in [-0.15, -0.1) is 0 Å². The Morgan fingerprint density at radius 2 is 2.19 bits per heavy atom. The fourth-order valence-electron chi connectivity index (χ4n) is 2.49. The molecule has 1 aromatic rings. The minimum atomic E-state index is -0.176. The van der Waals surface area contributed by atoms with E-state index in [1.54, 1.807) is 0 Å². The number of aliphatic hydroxyl groups is 1. The van der Waals surface area contributed by atoms with Crippen molar-refractivity contribution in [2.45, 2.75) is 38.3 Å². The average molecular weight is 240 g/mol. The van der Waals surface area contributed by atoms with Crippen molar-refractivity contribution in [3.05, 3.63) is 29.3 Å². The molecule has 2 rings (SSSR count). The van der Waals surface area contributed by atoms with Crippen molar-refractivity contribution in [1.29, 1.82) is 0 Å². The van der Waals surface area contributed by atoms with Crippen LogP contribution in [0.3, 0.4) is 0 Å². The van der Waals surface area contributed by atoms with Gasteiger partial charge in [0, 0.05) is 22.8 Å². The van der Waals surface area contributed by atoms with Crippen LogP contribution in [0.1, 0.15) is 26.7 Å². The Morgan fingerprint density at radius 3 is 2.81 bits per heavy atom. The van der Waals surface area contributed by atoms with Crippen molar-refractivity contribution < 1.29 is 5.11 Å². The lowest BCUT2D eigenvalue weighted by molar-refractivity contribution is 0.107. The summed E-state index contributed by atoms with van der Waals surface area (Å²) in [4.78, 5) is 2.33. The van der Waals surface area contributed by atoms with Gasteiger partial charge in [0.2, 0.25) is 0 Å². The van der Waals surface area contributed by atoms with E-state index in [2.05, 4.69) is 24.8 Å². The highest BCUT2D eigenvalue weighted by Gasteiger charge is 2.33. The first-order valence-corrected chi connectivity index (χ1v) is 6.08. The molecular weight excluding hydrogens is 222 g/mol. The lowest BCUT2D eigenvalue weighted by Crippen LogP contribution is -2.51. The molecule has 1 saturated heterocycles. The summed E-state index contributed by atoms with van der Waals surface area (Å²) < 4.78 is 0. The topological polar surface area (TPSA) is 23.5 Å². The third-order valence-corrected chi connectivity index (χ3v) is 3.51. The van der Waals surface area contributed by atoms with Crippen molar-refractivity contribution in [3.63, 3.8) is 0 Å². The summed E-state index contributed by atoms with van der Waals surface area (Å²) in [5.74, 6) is 0. The predicted molar refractivity (Wildman–Crippen MR) is 68.1 cm³/mol. The zero-order chi connectivity index (χ0) is 11.8. The molecule has 0 spiro atoms. The van der Waals surface area contributed by atoms with Crippen LogP contribution in [-0.4, -0.2) is 23.3 Å². The Labute approximate surface area is 102 Å². The van der Waals surface area contributed by atoms with E-state index in [0.29, 0.717) is 0 Å². The Hall–Kier alpha value is -0.730. The zero-order valence-corrected chi connectivity index (χ0v) is 10.5. The molecule has 0 amide bonds. The van der Waals surface area contributed by atoms with Gasteiger partial charge in [-0.1, -0.05) is 17.7 Å². The van der Waals surface area contributed by atoms with E-state index in [1.807, 2.05) is 18.2 Å². The van der Waals surface area contributed by atoms with Crippen molar-refractivity contribution in [1.82, 2.24) is 0 Å². The van der Waals surface area contributed by atoms with Gasteiger partial charge in [0.15, 0.2) is 0 Å². The van der Waals surface area contributed by atoms with Crippen molar-refractivity contribution in [3.8, 4) is 0 Å². The average Bonchev–Trinajstić information content (AvgIpc) is 2.15. The highest BCUT2D eigenvalue weighted by atomic mass is 35.5. The minimum Gasteiger partial charge on any atom is -0.393 e. The maximum atomic E-state index is 9.71. The minimum absolute atomic E-state index is 0.0116. The van der Waals surface area contributed by atoms with Gasteiger partial charge in [-0.25, -0.2) is 0 Å². The third kappa shape index (κ3) is 2.33. The van der Waals surface area contributed by atoms with Crippen LogP contribution < -0.4 is 4.90 Å². The molecule has 0 aliphatic carbocycles. The number of aliphatic hydroxyl groups excluding tert-OH is 1. The summed E-state index contributed by atoms with van der Waals surface area (Å²) in [5.41, 5.74) is 1.13. The molecular formula is C13H18ClNO. The van der Waals surface area contributed by atoms with Crippen LogP contribution in [0.25, 0.3) is 0 Å². The predicted octanol–water partition coefficient (Wildman–Crippen LogP) is 3.08. The number of hydrogen-bond donors (Lipinski definition) is 1. The molecule has 1 atom stereocenters. The van der Waals surface area contributed by atoms with Crippen LogP contribution in [0, 0.1) is 0 Å². The van der Waals surface area contributed by atoms with Crippen LogP contribution in [0.2, 0.25) is 5.02 Å². The van der Waals surface area contributed by atoms with Crippen molar-refractivity contribution in [2.24, 2.45) is 0 Å². The molecule has 2 nitrogen and oxygen atoms in total. The Morgan fingerprint density at radius 1 is 1.44 bits per heavy atom. The SMILES string of the molecule is CC1(C)CC(O)CCN1c1cccc(Cl)c1. The van der Waals surface area contributed by atoms with Crippen LogP contribution in [0.4, 0.5) is 5.69 Å². The fourth-order valence-corrected chi connectivity index (χ4v) is 2.68. The number of halogens is 1. The zero-order valence-electron chi connectivity index (χ0n) is 9.78. The lowest BCUT2D eigenvalue weighted by atomic mass is 9.88. The van der Waals surface area contributed by atoms with E-state index in [0.717, 1.165) is 30.1 Å². The largest absolute Gasteiger partial charge is 0.393 e. The van der Waals surface area contributed by atoms with E-state index < -0.39 is 0 Å². The molecule has 1 unspecified atom stereocenters. The number of hydrogen-bond acceptors (Lipinski definition) is 2. The van der Waals surface area contributed by atoms with Crippen LogP contribution >= 0.6 is 11.6 Å². The Kier molecular flexibility index (Phi) is 3.13. The van der Waals surface area contributed by atoms with Crippen molar-refractivity contribution >= 4 is 17.3 Å². The number of piperidine rings is 1. The molecule has 0 saturated carbocycles. The van der Waals surface area contributed by atoms with Gasteiger partial charge < -0.3 is 10.0 Å². The van der Waals surface area contributed by atoms with Crippen LogP contribution in [0.15, 0.2) is 24.3 Å². The van der Waals surface area contributed by atoms with Gasteiger partial charge in [0.25, 0.3) is 0 Å². The first kappa shape index (κ1) is 11.7. The van der Waals surface area contributed by atoms with E-state index in [1.165, 1.54) is 0 Å². The highest BCUT2D eigenvalue weighted by molar-refractivity contribution is 6.30. The summed E-state index contributed by atoms with van der Waals surface area (Å²) >= 11 is 6.01. The molecule has 0 radical (unpaired) electrons. The molecule has 1 heterocycles. The van der Waals surface area contributed by atoms with E-state index in [-0.39, 0.29) is 11.6 Å². The van der Waals surface area contributed by atoms with Crippen LogP contribution in [-0.2, 0) is 0 Å². The summed E-state index contributed by atoms with van der Waals surface area (Å²) in [7, 11) is 0. The van der Waals surface area contributed by atoms with Gasteiger partial charge in [0.05, 0.1) is 6.10 Å². The summed E-state index contributed by atoms with van der Waals surface area (Å²) in [6.45, 7) is 5.21. The first-order valence-electron chi connectivity index (χ1n) is 5.70. The maximum Gasteiger partial charge on any atom is 0.0579 e. The lowest BCUT2D eigenvalue weighted by Gasteiger charge is -2.46. The smallest absolute Gasteiger partial charge is 0.0579 e. The molecule has 1 fully saturated rings. The summed E-state index contributed by atoms with van der Waals surface area (Å²) in [5, 5.41) is 10.5. The second-order valence-electron chi connectivity index (χ2n) is 5.09. The quantitative estimate of drug-likeness (QED) is 0.814. The van der Waals surface area contributed by atoms with E-state index in [9.17, 15) is 5.11 Å². The van der Waals surface area contributed by atoms with Crippen molar-refractivity contribution in [2.75, 3.05) is 11.4 Å². The van der Waals surface area contributed by atoms with Gasteiger partial charge in [-0.3, -0.25) is 0 Å². The molecule has 1 aliphatic rings. The van der Waals surface area contributed by atoms with Gasteiger partial charge >= 0.3 is 0 Å². The number of nitrogens with zero attached hydrogens (tertiary/aromatic N) is 1. The Bertz CT molecular complexity index is 378. The van der Waals surface area contributed by atoms with E-state index >= 15 is 0 Å². The Balaban J connectivity index is 2.27. The number of anilines is 1. The third-order valence-electron chi connectivity index (χ3n) is 3.27. The normalized spacial score (nSPS) is 24.5. The monoisotopic (exact) mass is 239 g/mol. The second-order valence-corrected chi connectivity index (χ2v) is 5.53. The molecule has 88 valence electrons. The molecule has 0 bridgehead atoms. The van der Waals surface area contributed by atoms with Gasteiger partial charge in [-0.2, -0.15) is 0 Å². The summed E-state index contributed by atoms with van der Waals surface area (Å²) in [6, 6.07) is 7.92. The molecule has 1 aromatic carbocycles. The molecule has 3 heteroatoms. The van der Waals surface area contributed by atoms with Gasteiger partial charge in [-0.05, 0) is 44.9 Å². The molecule has 0 aromatic heterocycles. The standard InChI is InChI=1S/C13H18ClNO/c1-13(2)9-12(16)6-7-15(13)11-5-3-4-10(14)8-11/h3-5,8,12,16H,6-7,9H2,1-2H3.